The average Bonchev–Trinajstić information content (AvgIpc) is 2.92. The average molecular weight is 309 g/mol. The van der Waals surface area contributed by atoms with Crippen molar-refractivity contribution in [2.45, 2.75) is 13.5 Å². The number of hydrogen-bond acceptors (Lipinski definition) is 3. The van der Waals surface area contributed by atoms with Gasteiger partial charge in [0.1, 0.15) is 5.65 Å². The van der Waals surface area contributed by atoms with Gasteiger partial charge in [-0.15, -0.1) is 0 Å². The first-order chi connectivity index (χ1) is 11.0. The summed E-state index contributed by atoms with van der Waals surface area (Å²) < 4.78 is 1.86. The van der Waals surface area contributed by atoms with E-state index in [1.165, 1.54) is 12.1 Å². The SMILES string of the molecule is Cc1cn2ccc(C(=O)NCc3ccc(C(=O)O)cc3)cc2n1. The first-order valence-corrected chi connectivity index (χ1v) is 7.09. The fourth-order valence-corrected chi connectivity index (χ4v) is 2.30. The summed E-state index contributed by atoms with van der Waals surface area (Å²) in [5.41, 5.74) is 3.20. The summed E-state index contributed by atoms with van der Waals surface area (Å²) in [5, 5.41) is 11.7. The maximum Gasteiger partial charge on any atom is 0.335 e. The number of rotatable bonds is 4. The molecule has 0 bridgehead atoms. The number of carboxylic acids is 1. The molecule has 6 nitrogen and oxygen atoms in total. The molecule has 1 amide bonds. The molecule has 116 valence electrons. The molecule has 0 aliphatic rings. The number of nitrogens with zero attached hydrogens (tertiary/aromatic N) is 2. The van der Waals surface area contributed by atoms with Crippen molar-refractivity contribution in [1.29, 1.82) is 0 Å². The third-order valence-electron chi connectivity index (χ3n) is 3.50. The Bertz CT molecular complexity index is 882. The summed E-state index contributed by atoms with van der Waals surface area (Å²) in [6.07, 6.45) is 3.69. The Morgan fingerprint density at radius 1 is 1.17 bits per heavy atom. The standard InChI is InChI=1S/C17H15N3O3/c1-11-10-20-7-6-14(8-15(20)19-11)16(21)18-9-12-2-4-13(5-3-12)17(22)23/h2-8,10H,9H2,1H3,(H,18,21)(H,22,23). The number of aryl methyl sites for hydroxylation is 1. The molecule has 23 heavy (non-hydrogen) atoms. The molecular weight excluding hydrogens is 294 g/mol. The first kappa shape index (κ1) is 14.8. The monoisotopic (exact) mass is 309 g/mol. The van der Waals surface area contributed by atoms with Gasteiger partial charge in [0.2, 0.25) is 0 Å². The highest BCUT2D eigenvalue weighted by Crippen LogP contribution is 2.09. The summed E-state index contributed by atoms with van der Waals surface area (Å²) in [4.78, 5) is 27.3. The maximum absolute atomic E-state index is 12.2. The zero-order chi connectivity index (χ0) is 16.4. The highest BCUT2D eigenvalue weighted by molar-refractivity contribution is 5.95. The van der Waals surface area contributed by atoms with Gasteiger partial charge in [0.05, 0.1) is 11.3 Å². The van der Waals surface area contributed by atoms with E-state index in [0.29, 0.717) is 12.1 Å². The molecule has 0 spiro atoms. The summed E-state index contributed by atoms with van der Waals surface area (Å²) in [6, 6.07) is 9.87. The Kier molecular flexibility index (Phi) is 3.80. The second kappa shape index (κ2) is 5.92. The molecule has 0 atom stereocenters. The number of hydrogen-bond donors (Lipinski definition) is 2. The van der Waals surface area contributed by atoms with Gasteiger partial charge in [-0.3, -0.25) is 4.79 Å². The molecule has 2 N–H and O–H groups in total. The molecule has 0 saturated heterocycles. The van der Waals surface area contributed by atoms with Gasteiger partial charge in [0, 0.05) is 24.5 Å². The molecule has 1 aromatic carbocycles. The molecule has 3 rings (SSSR count). The molecule has 2 aromatic heterocycles. The molecule has 0 aliphatic carbocycles. The minimum absolute atomic E-state index is 0.199. The quantitative estimate of drug-likeness (QED) is 0.774. The van der Waals surface area contributed by atoms with Crippen LogP contribution in [0.1, 0.15) is 32.0 Å². The largest absolute Gasteiger partial charge is 0.478 e. The number of imidazole rings is 1. The molecule has 6 heteroatoms. The minimum atomic E-state index is -0.969. The Balaban J connectivity index is 1.69. The Morgan fingerprint density at radius 3 is 2.61 bits per heavy atom. The fourth-order valence-electron chi connectivity index (χ4n) is 2.30. The van der Waals surface area contributed by atoms with Crippen LogP contribution in [0, 0.1) is 6.92 Å². The number of nitrogens with one attached hydrogen (secondary N) is 1. The lowest BCUT2D eigenvalue weighted by atomic mass is 10.1. The van der Waals surface area contributed by atoms with Crippen molar-refractivity contribution in [1.82, 2.24) is 14.7 Å². The molecule has 0 radical (unpaired) electrons. The lowest BCUT2D eigenvalue weighted by Gasteiger charge is -2.06. The number of carboxylic acid groups (broad SMARTS) is 1. The second-order valence-corrected chi connectivity index (χ2v) is 5.25. The van der Waals surface area contributed by atoms with Crippen LogP contribution in [0.4, 0.5) is 0 Å². The van der Waals surface area contributed by atoms with E-state index in [-0.39, 0.29) is 11.5 Å². The number of amides is 1. The number of carbonyl (C=O) groups is 2. The van der Waals surface area contributed by atoms with E-state index < -0.39 is 5.97 Å². The molecule has 2 heterocycles. The van der Waals surface area contributed by atoms with Crippen LogP contribution in [-0.2, 0) is 6.54 Å². The number of fused-ring (bicyclic) bond motifs is 1. The van der Waals surface area contributed by atoms with E-state index in [4.69, 9.17) is 5.11 Å². The van der Waals surface area contributed by atoms with Gasteiger partial charge in [-0.05, 0) is 36.8 Å². The van der Waals surface area contributed by atoms with Crippen LogP contribution in [-0.4, -0.2) is 26.4 Å². The van der Waals surface area contributed by atoms with Crippen molar-refractivity contribution in [3.63, 3.8) is 0 Å². The van der Waals surface area contributed by atoms with E-state index in [9.17, 15) is 9.59 Å². The van der Waals surface area contributed by atoms with Crippen LogP contribution >= 0.6 is 0 Å². The Labute approximate surface area is 132 Å². The van der Waals surface area contributed by atoms with E-state index in [1.54, 1.807) is 30.5 Å². The Morgan fingerprint density at radius 2 is 1.91 bits per heavy atom. The van der Waals surface area contributed by atoms with Crippen molar-refractivity contribution in [2.24, 2.45) is 0 Å². The van der Waals surface area contributed by atoms with Crippen LogP contribution in [0.25, 0.3) is 5.65 Å². The molecule has 0 unspecified atom stereocenters. The van der Waals surface area contributed by atoms with Crippen LogP contribution in [0.5, 0.6) is 0 Å². The fraction of sp³-hybridized carbons (Fsp3) is 0.118. The third kappa shape index (κ3) is 3.21. The number of benzene rings is 1. The molecule has 3 aromatic rings. The van der Waals surface area contributed by atoms with Crippen molar-refractivity contribution < 1.29 is 14.7 Å². The van der Waals surface area contributed by atoms with Crippen molar-refractivity contribution in [2.75, 3.05) is 0 Å². The predicted molar refractivity (Wildman–Crippen MR) is 84.5 cm³/mol. The van der Waals surface area contributed by atoms with E-state index >= 15 is 0 Å². The van der Waals surface area contributed by atoms with Gasteiger partial charge >= 0.3 is 5.97 Å². The smallest absolute Gasteiger partial charge is 0.335 e. The second-order valence-electron chi connectivity index (χ2n) is 5.25. The zero-order valence-corrected chi connectivity index (χ0v) is 12.5. The van der Waals surface area contributed by atoms with Crippen molar-refractivity contribution in [3.05, 3.63) is 71.2 Å². The van der Waals surface area contributed by atoms with E-state index in [1.807, 2.05) is 17.5 Å². The topological polar surface area (TPSA) is 83.7 Å². The van der Waals surface area contributed by atoms with Crippen LogP contribution in [0.15, 0.2) is 48.8 Å². The van der Waals surface area contributed by atoms with Gasteiger partial charge in [-0.25, -0.2) is 9.78 Å². The van der Waals surface area contributed by atoms with Gasteiger partial charge in [-0.1, -0.05) is 12.1 Å². The van der Waals surface area contributed by atoms with Gasteiger partial charge < -0.3 is 14.8 Å². The molecule has 0 aliphatic heterocycles. The van der Waals surface area contributed by atoms with Crippen molar-refractivity contribution in [3.8, 4) is 0 Å². The van der Waals surface area contributed by atoms with E-state index in [0.717, 1.165) is 16.9 Å². The van der Waals surface area contributed by atoms with Crippen LogP contribution in [0.2, 0.25) is 0 Å². The molecular formula is C17H15N3O3. The normalized spacial score (nSPS) is 10.7. The lowest BCUT2D eigenvalue weighted by Crippen LogP contribution is -2.22. The highest BCUT2D eigenvalue weighted by atomic mass is 16.4. The van der Waals surface area contributed by atoms with E-state index in [2.05, 4.69) is 10.3 Å². The van der Waals surface area contributed by atoms with Gasteiger partial charge in [0.25, 0.3) is 5.91 Å². The lowest BCUT2D eigenvalue weighted by molar-refractivity contribution is 0.0696. The Hall–Kier alpha value is -3.15. The highest BCUT2D eigenvalue weighted by Gasteiger charge is 2.08. The summed E-state index contributed by atoms with van der Waals surface area (Å²) in [5.74, 6) is -1.17. The van der Waals surface area contributed by atoms with Crippen LogP contribution in [0.3, 0.4) is 0 Å². The first-order valence-electron chi connectivity index (χ1n) is 7.09. The molecule has 0 saturated carbocycles. The van der Waals surface area contributed by atoms with Gasteiger partial charge in [-0.2, -0.15) is 0 Å². The third-order valence-corrected chi connectivity index (χ3v) is 3.50. The zero-order valence-electron chi connectivity index (χ0n) is 12.5. The minimum Gasteiger partial charge on any atom is -0.478 e. The van der Waals surface area contributed by atoms with Crippen LogP contribution < -0.4 is 5.32 Å². The number of carbonyl (C=O) groups excluding carboxylic acids is 1. The number of aromatic nitrogens is 2. The van der Waals surface area contributed by atoms with Gasteiger partial charge in [0.15, 0.2) is 0 Å². The predicted octanol–water partition coefficient (Wildman–Crippen LogP) is 2.27. The van der Waals surface area contributed by atoms with Crippen molar-refractivity contribution >= 4 is 17.5 Å². The summed E-state index contributed by atoms with van der Waals surface area (Å²) >= 11 is 0. The molecule has 0 fully saturated rings. The number of aromatic carboxylic acids is 1. The summed E-state index contributed by atoms with van der Waals surface area (Å²) in [7, 11) is 0. The number of pyridine rings is 1. The summed E-state index contributed by atoms with van der Waals surface area (Å²) in [6.45, 7) is 2.23. The maximum atomic E-state index is 12.2.